The van der Waals surface area contributed by atoms with Crippen LogP contribution in [0.3, 0.4) is 0 Å². The summed E-state index contributed by atoms with van der Waals surface area (Å²) < 4.78 is 0. The number of unbranched alkanes of at least 4 members (excludes halogenated alkanes) is 1. The molecule has 5 aliphatic carbocycles. The first-order chi connectivity index (χ1) is 19.4. The van der Waals surface area contributed by atoms with E-state index in [1.807, 2.05) is 0 Å². The van der Waals surface area contributed by atoms with Crippen molar-refractivity contribution in [3.8, 4) is 0 Å². The lowest BCUT2D eigenvalue weighted by molar-refractivity contribution is -0.192. The van der Waals surface area contributed by atoms with E-state index in [0.29, 0.717) is 31.1 Å². The topological polar surface area (TPSA) is 104 Å². The largest absolute Gasteiger partial charge is 0.481 e. The zero-order valence-electron chi connectivity index (χ0n) is 27.4. The molecule has 236 valence electrons. The summed E-state index contributed by atoms with van der Waals surface area (Å²) in [6.07, 6.45) is 14.2. The highest BCUT2D eigenvalue weighted by molar-refractivity contribution is 5.77. The van der Waals surface area contributed by atoms with Gasteiger partial charge in [0, 0.05) is 18.9 Å². The fourth-order valence-electron chi connectivity index (χ4n) is 11.7. The minimum atomic E-state index is -0.803. The molecule has 4 fully saturated rings. The lowest BCUT2D eigenvalue weighted by Gasteiger charge is -2.71. The normalized spacial score (nSPS) is 43.5. The summed E-state index contributed by atoms with van der Waals surface area (Å²) >= 11 is 0. The molecule has 5 rings (SSSR count). The maximum absolute atomic E-state index is 12.9. The Morgan fingerprint density at radius 3 is 2.17 bits per heavy atom. The zero-order chi connectivity index (χ0) is 30.9. The van der Waals surface area contributed by atoms with Crippen molar-refractivity contribution >= 4 is 17.8 Å². The number of fused-ring (bicyclic) bond motifs is 7. The van der Waals surface area contributed by atoms with E-state index in [4.69, 9.17) is 5.11 Å². The average Bonchev–Trinajstić information content (AvgIpc) is 2.88. The van der Waals surface area contributed by atoms with E-state index in [2.05, 4.69) is 59.9 Å². The fraction of sp³-hybridized carbons (Fsp3) is 0.861. The van der Waals surface area contributed by atoms with Crippen LogP contribution in [0.5, 0.6) is 0 Å². The van der Waals surface area contributed by atoms with Gasteiger partial charge in [-0.05, 0) is 122 Å². The van der Waals surface area contributed by atoms with Gasteiger partial charge in [-0.1, -0.05) is 60.1 Å². The van der Waals surface area contributed by atoms with Crippen molar-refractivity contribution < 1.29 is 24.6 Å². The number of allylic oxidation sites excluding steroid dienone is 2. The summed E-state index contributed by atoms with van der Waals surface area (Å²) in [5, 5.41) is 22.9. The average molecular weight is 584 g/mol. The van der Waals surface area contributed by atoms with Crippen molar-refractivity contribution in [1.29, 1.82) is 0 Å². The highest BCUT2D eigenvalue weighted by Crippen LogP contribution is 2.75. The second-order valence-corrected chi connectivity index (χ2v) is 17.3. The van der Waals surface area contributed by atoms with Gasteiger partial charge in [0.15, 0.2) is 0 Å². The summed E-state index contributed by atoms with van der Waals surface area (Å²) in [5.74, 6) is -0.138. The maximum Gasteiger partial charge on any atom is 0.310 e. The van der Waals surface area contributed by atoms with Crippen LogP contribution in [-0.2, 0) is 14.4 Å². The van der Waals surface area contributed by atoms with Crippen LogP contribution in [0.25, 0.3) is 0 Å². The molecule has 0 aromatic carbocycles. The van der Waals surface area contributed by atoms with Crippen LogP contribution in [0.15, 0.2) is 11.6 Å². The van der Waals surface area contributed by atoms with Gasteiger partial charge in [-0.15, -0.1) is 0 Å². The summed E-state index contributed by atoms with van der Waals surface area (Å²) in [6.45, 7) is 17.0. The zero-order valence-corrected chi connectivity index (χ0v) is 27.4. The first-order valence-electron chi connectivity index (χ1n) is 16.9. The van der Waals surface area contributed by atoms with Crippen LogP contribution in [-0.4, -0.2) is 34.1 Å². The minimum Gasteiger partial charge on any atom is -0.481 e. The molecule has 6 heteroatoms. The first kappa shape index (κ1) is 31.6. The first-order valence-corrected chi connectivity index (χ1v) is 16.9. The molecule has 0 bridgehead atoms. The van der Waals surface area contributed by atoms with Crippen LogP contribution < -0.4 is 5.32 Å². The number of rotatable bonds is 7. The standard InChI is InChI=1S/C36H57NO5/c1-31(2)18-20-36(30(41)42)21-19-34(6)23(24(36)22-31)12-13-26-33(5)16-15-27(37-28(38)10-8-9-11-29(39)40)32(3,4)25(33)14-17-35(26,34)7/h12,24-27H,8-11,13-22H2,1-7H3,(H,37,38)(H,39,40)(H,41,42)/t24-,25-,26+,27-,33-,34+,35+,36-/m0/s1. The number of hydrogen-bond donors (Lipinski definition) is 3. The van der Waals surface area contributed by atoms with E-state index < -0.39 is 17.4 Å². The second kappa shape index (κ2) is 10.4. The molecule has 0 heterocycles. The SMILES string of the molecule is CC1(C)CC[C@]2(C(=O)O)CC[C@]3(C)C(=CC[C@@H]4[C@@]5(C)CC[C@H](NC(=O)CCCCC(=O)O)C(C)(C)[C@@H]5CC[C@]43C)[C@@H]2C1. The molecule has 0 aromatic rings. The third kappa shape index (κ3) is 4.67. The third-order valence-corrected chi connectivity index (χ3v) is 14.5. The van der Waals surface area contributed by atoms with Crippen molar-refractivity contribution in [3.05, 3.63) is 11.6 Å². The highest BCUT2D eigenvalue weighted by Gasteiger charge is 2.69. The summed E-state index contributed by atoms with van der Waals surface area (Å²) in [7, 11) is 0. The lowest BCUT2D eigenvalue weighted by atomic mass is 9.33. The molecule has 0 spiro atoms. The van der Waals surface area contributed by atoms with E-state index in [9.17, 15) is 19.5 Å². The van der Waals surface area contributed by atoms with Gasteiger partial charge in [-0.2, -0.15) is 0 Å². The molecule has 6 nitrogen and oxygen atoms in total. The quantitative estimate of drug-likeness (QED) is 0.208. The Morgan fingerprint density at radius 1 is 0.833 bits per heavy atom. The molecule has 0 radical (unpaired) electrons. The molecular weight excluding hydrogens is 526 g/mol. The summed E-state index contributed by atoms with van der Waals surface area (Å²) in [5.41, 5.74) is 1.33. The molecule has 4 saturated carbocycles. The van der Waals surface area contributed by atoms with E-state index in [1.165, 1.54) is 5.57 Å². The van der Waals surface area contributed by atoms with Gasteiger partial charge >= 0.3 is 11.9 Å². The van der Waals surface area contributed by atoms with Gasteiger partial charge < -0.3 is 15.5 Å². The highest BCUT2D eigenvalue weighted by atomic mass is 16.4. The van der Waals surface area contributed by atoms with Crippen molar-refractivity contribution in [3.63, 3.8) is 0 Å². The molecule has 0 unspecified atom stereocenters. The number of amides is 1. The summed E-state index contributed by atoms with van der Waals surface area (Å²) in [6, 6.07) is 0.132. The number of carbonyl (C=O) groups is 3. The van der Waals surface area contributed by atoms with E-state index in [1.54, 1.807) is 0 Å². The Balaban J connectivity index is 1.39. The predicted octanol–water partition coefficient (Wildman–Crippen LogP) is 8.00. The number of carboxylic acids is 2. The summed E-state index contributed by atoms with van der Waals surface area (Å²) in [4.78, 5) is 36.6. The van der Waals surface area contributed by atoms with Gasteiger partial charge in [-0.25, -0.2) is 0 Å². The minimum absolute atomic E-state index is 0.0199. The molecule has 0 saturated heterocycles. The Kier molecular flexibility index (Phi) is 7.79. The maximum atomic E-state index is 12.9. The number of aliphatic carboxylic acids is 2. The number of carbonyl (C=O) groups excluding carboxylic acids is 1. The number of nitrogens with one attached hydrogen (secondary N) is 1. The van der Waals surface area contributed by atoms with E-state index in [-0.39, 0.29) is 51.4 Å². The second-order valence-electron chi connectivity index (χ2n) is 17.3. The van der Waals surface area contributed by atoms with Crippen LogP contribution >= 0.6 is 0 Å². The Hall–Kier alpha value is -1.85. The Labute approximate surface area is 253 Å². The molecule has 3 N–H and O–H groups in total. The van der Waals surface area contributed by atoms with Gasteiger partial charge in [0.05, 0.1) is 5.41 Å². The Bertz CT molecular complexity index is 1160. The van der Waals surface area contributed by atoms with Gasteiger partial charge in [0.1, 0.15) is 0 Å². The molecule has 42 heavy (non-hydrogen) atoms. The van der Waals surface area contributed by atoms with Crippen molar-refractivity contribution in [2.75, 3.05) is 0 Å². The molecular formula is C36H57NO5. The van der Waals surface area contributed by atoms with Crippen molar-refractivity contribution in [1.82, 2.24) is 5.32 Å². The monoisotopic (exact) mass is 583 g/mol. The molecule has 0 aliphatic heterocycles. The predicted molar refractivity (Wildman–Crippen MR) is 165 cm³/mol. The van der Waals surface area contributed by atoms with Crippen molar-refractivity contribution in [2.45, 2.75) is 144 Å². The van der Waals surface area contributed by atoms with Gasteiger partial charge in [0.25, 0.3) is 0 Å². The van der Waals surface area contributed by atoms with Crippen LogP contribution in [0.1, 0.15) is 138 Å². The number of carboxylic acid groups (broad SMARTS) is 2. The fourth-order valence-corrected chi connectivity index (χ4v) is 11.7. The molecule has 1 amide bonds. The molecule has 5 aliphatic rings. The molecule has 8 atom stereocenters. The molecule has 0 aromatic heterocycles. The van der Waals surface area contributed by atoms with Crippen molar-refractivity contribution in [2.24, 2.45) is 50.2 Å². The number of hydrogen-bond acceptors (Lipinski definition) is 3. The smallest absolute Gasteiger partial charge is 0.310 e. The Morgan fingerprint density at radius 2 is 1.50 bits per heavy atom. The van der Waals surface area contributed by atoms with Gasteiger partial charge in [0.2, 0.25) is 5.91 Å². The third-order valence-electron chi connectivity index (χ3n) is 14.5. The van der Waals surface area contributed by atoms with Crippen LogP contribution in [0.4, 0.5) is 0 Å². The lowest BCUT2D eigenvalue weighted by Crippen LogP contribution is -2.66. The van der Waals surface area contributed by atoms with E-state index >= 15 is 0 Å². The van der Waals surface area contributed by atoms with Crippen LogP contribution in [0.2, 0.25) is 0 Å². The van der Waals surface area contributed by atoms with Crippen LogP contribution in [0, 0.1) is 50.2 Å². The van der Waals surface area contributed by atoms with E-state index in [0.717, 1.165) is 64.2 Å². The van der Waals surface area contributed by atoms with Gasteiger partial charge in [-0.3, -0.25) is 14.4 Å².